The zero-order valence-corrected chi connectivity index (χ0v) is 15.1. The van der Waals surface area contributed by atoms with Gasteiger partial charge in [0.05, 0.1) is 44.2 Å². The molecule has 0 fully saturated rings. The Morgan fingerprint density at radius 3 is 1.25 bits per heavy atom. The molecule has 0 bridgehead atoms. The van der Waals surface area contributed by atoms with Crippen LogP contribution in [0.5, 0.6) is 0 Å². The Morgan fingerprint density at radius 2 is 0.875 bits per heavy atom. The second-order valence-electron chi connectivity index (χ2n) is 6.02. The summed E-state index contributed by atoms with van der Waals surface area (Å²) in [5.74, 6) is 0. The van der Waals surface area contributed by atoms with E-state index >= 15 is 0 Å². The van der Waals surface area contributed by atoms with Crippen molar-refractivity contribution < 1.29 is 34.6 Å². The molecule has 0 aromatic heterocycles. The van der Waals surface area contributed by atoms with E-state index in [1.54, 1.807) is 0 Å². The number of rotatable bonds is 17. The summed E-state index contributed by atoms with van der Waals surface area (Å²) in [6.45, 7) is 5.63. The van der Waals surface area contributed by atoms with Gasteiger partial charge in [0, 0.05) is 19.8 Å². The first-order chi connectivity index (χ1) is 11.5. The number of hydrogen-bond donors (Lipinski definition) is 4. The van der Waals surface area contributed by atoms with Gasteiger partial charge in [-0.25, -0.2) is 0 Å². The van der Waals surface area contributed by atoms with Crippen LogP contribution < -0.4 is 0 Å². The first-order valence-corrected chi connectivity index (χ1v) is 8.95. The highest BCUT2D eigenvalue weighted by atomic mass is 16.5. The van der Waals surface area contributed by atoms with Gasteiger partial charge in [-0.3, -0.25) is 0 Å². The van der Waals surface area contributed by atoms with E-state index in [0.717, 1.165) is 0 Å². The van der Waals surface area contributed by atoms with Crippen LogP contribution in [0.1, 0.15) is 46.0 Å². The lowest BCUT2D eigenvalue weighted by molar-refractivity contribution is -0.0211. The molecule has 0 radical (unpaired) electrons. The van der Waals surface area contributed by atoms with E-state index in [1.807, 2.05) is 13.8 Å². The predicted molar refractivity (Wildman–Crippen MR) is 90.9 cm³/mol. The minimum atomic E-state index is -0.618. The molecule has 0 aliphatic rings. The smallest absolute Gasteiger partial charge is 0.0795 e. The van der Waals surface area contributed by atoms with E-state index in [9.17, 15) is 20.4 Å². The molecule has 0 aliphatic carbocycles. The van der Waals surface area contributed by atoms with E-state index < -0.39 is 18.3 Å². The highest BCUT2D eigenvalue weighted by Crippen LogP contribution is 2.01. The van der Waals surface area contributed by atoms with Crippen molar-refractivity contribution in [3.8, 4) is 0 Å². The lowest BCUT2D eigenvalue weighted by Gasteiger charge is -2.15. The SMILES string of the molecule is CCC(O)CCOCC(O)CCOCC(O)CCOCC(O)CC. The molecule has 0 spiro atoms. The Bertz CT molecular complexity index is 239. The molecule has 7 nitrogen and oxygen atoms in total. The molecule has 4 N–H and O–H groups in total. The molecule has 0 amide bonds. The summed E-state index contributed by atoms with van der Waals surface area (Å²) < 4.78 is 15.8. The maximum absolute atomic E-state index is 9.71. The fourth-order valence-corrected chi connectivity index (χ4v) is 1.80. The molecule has 4 unspecified atom stereocenters. The summed E-state index contributed by atoms with van der Waals surface area (Å²) in [5, 5.41) is 38.1. The normalized spacial score (nSPS) is 16.8. The summed E-state index contributed by atoms with van der Waals surface area (Å²) in [7, 11) is 0. The Hall–Kier alpha value is -0.280. The first-order valence-electron chi connectivity index (χ1n) is 8.95. The Labute approximate surface area is 145 Å². The van der Waals surface area contributed by atoms with Gasteiger partial charge in [0.2, 0.25) is 0 Å². The van der Waals surface area contributed by atoms with Crippen LogP contribution in [0.3, 0.4) is 0 Å². The number of aliphatic hydroxyl groups is 4. The standard InChI is InChI=1S/C17H36O7/c1-3-14(18)5-8-23-12-17(21)7-10-24-13-16(20)6-9-22-11-15(19)4-2/h14-21H,3-13H2,1-2H3. The molecule has 0 aliphatic heterocycles. The molecule has 0 saturated heterocycles. The van der Waals surface area contributed by atoms with Crippen molar-refractivity contribution in [2.24, 2.45) is 0 Å². The van der Waals surface area contributed by atoms with Gasteiger partial charge in [-0.2, -0.15) is 0 Å². The molecule has 146 valence electrons. The van der Waals surface area contributed by atoms with Crippen molar-refractivity contribution in [1.82, 2.24) is 0 Å². The Morgan fingerprint density at radius 1 is 0.542 bits per heavy atom. The Balaban J connectivity index is 3.40. The predicted octanol–water partition coefficient (Wildman–Crippen LogP) is 0.470. The fourth-order valence-electron chi connectivity index (χ4n) is 1.80. The fraction of sp³-hybridized carbons (Fsp3) is 1.00. The van der Waals surface area contributed by atoms with Crippen molar-refractivity contribution in [2.75, 3.05) is 39.6 Å². The quantitative estimate of drug-likeness (QED) is 0.282. The summed E-state index contributed by atoms with van der Waals surface area (Å²) in [6, 6.07) is 0. The average Bonchev–Trinajstić information content (AvgIpc) is 2.58. The Kier molecular flexibility index (Phi) is 16.0. The van der Waals surface area contributed by atoms with Crippen molar-refractivity contribution in [1.29, 1.82) is 0 Å². The monoisotopic (exact) mass is 352 g/mol. The molecule has 0 saturated carbocycles. The lowest BCUT2D eigenvalue weighted by atomic mass is 10.2. The van der Waals surface area contributed by atoms with Gasteiger partial charge in [0.25, 0.3) is 0 Å². The molecule has 24 heavy (non-hydrogen) atoms. The van der Waals surface area contributed by atoms with Gasteiger partial charge in [0.1, 0.15) is 0 Å². The lowest BCUT2D eigenvalue weighted by Crippen LogP contribution is -2.23. The van der Waals surface area contributed by atoms with Gasteiger partial charge in [-0.05, 0) is 32.1 Å². The van der Waals surface area contributed by atoms with E-state index in [4.69, 9.17) is 14.2 Å². The summed E-state index contributed by atoms with van der Waals surface area (Å²) in [4.78, 5) is 0. The van der Waals surface area contributed by atoms with Crippen LogP contribution in [0.15, 0.2) is 0 Å². The first kappa shape index (κ1) is 23.7. The molecule has 7 heteroatoms. The summed E-state index contributed by atoms with van der Waals surface area (Å²) in [6.07, 6.45) is 0.775. The summed E-state index contributed by atoms with van der Waals surface area (Å²) in [5.41, 5.74) is 0. The van der Waals surface area contributed by atoms with E-state index in [0.29, 0.717) is 51.9 Å². The maximum atomic E-state index is 9.71. The van der Waals surface area contributed by atoms with Crippen LogP contribution in [0.25, 0.3) is 0 Å². The van der Waals surface area contributed by atoms with Crippen LogP contribution in [-0.2, 0) is 14.2 Å². The minimum absolute atomic E-state index is 0.190. The number of aliphatic hydroxyl groups excluding tert-OH is 4. The molecule has 0 heterocycles. The number of hydrogen-bond acceptors (Lipinski definition) is 7. The van der Waals surface area contributed by atoms with Crippen LogP contribution >= 0.6 is 0 Å². The highest BCUT2D eigenvalue weighted by molar-refractivity contribution is 4.57. The van der Waals surface area contributed by atoms with E-state index in [-0.39, 0.29) is 25.9 Å². The van der Waals surface area contributed by atoms with Crippen LogP contribution in [0, 0.1) is 0 Å². The second kappa shape index (κ2) is 16.2. The molecule has 0 rings (SSSR count). The summed E-state index contributed by atoms with van der Waals surface area (Å²) >= 11 is 0. The topological polar surface area (TPSA) is 109 Å². The minimum Gasteiger partial charge on any atom is -0.393 e. The van der Waals surface area contributed by atoms with Gasteiger partial charge >= 0.3 is 0 Å². The van der Waals surface area contributed by atoms with Gasteiger partial charge in [-0.1, -0.05) is 13.8 Å². The third-order valence-electron chi connectivity index (χ3n) is 3.66. The van der Waals surface area contributed by atoms with Crippen molar-refractivity contribution in [3.63, 3.8) is 0 Å². The van der Waals surface area contributed by atoms with E-state index in [1.165, 1.54) is 0 Å². The van der Waals surface area contributed by atoms with Crippen LogP contribution in [0.4, 0.5) is 0 Å². The van der Waals surface area contributed by atoms with Crippen molar-refractivity contribution in [2.45, 2.75) is 70.4 Å². The highest BCUT2D eigenvalue weighted by Gasteiger charge is 2.08. The molecular weight excluding hydrogens is 316 g/mol. The van der Waals surface area contributed by atoms with Crippen LogP contribution in [0.2, 0.25) is 0 Å². The molecular formula is C17H36O7. The third kappa shape index (κ3) is 15.3. The van der Waals surface area contributed by atoms with Gasteiger partial charge in [-0.15, -0.1) is 0 Å². The maximum Gasteiger partial charge on any atom is 0.0795 e. The van der Waals surface area contributed by atoms with E-state index in [2.05, 4.69) is 0 Å². The largest absolute Gasteiger partial charge is 0.393 e. The van der Waals surface area contributed by atoms with Gasteiger partial charge < -0.3 is 34.6 Å². The zero-order chi connectivity index (χ0) is 18.2. The average molecular weight is 352 g/mol. The molecule has 0 aromatic rings. The number of ether oxygens (including phenoxy) is 3. The van der Waals surface area contributed by atoms with Crippen molar-refractivity contribution in [3.05, 3.63) is 0 Å². The van der Waals surface area contributed by atoms with Gasteiger partial charge in [0.15, 0.2) is 0 Å². The molecule has 0 aromatic carbocycles. The third-order valence-corrected chi connectivity index (χ3v) is 3.66. The second-order valence-corrected chi connectivity index (χ2v) is 6.02. The zero-order valence-electron chi connectivity index (χ0n) is 15.1. The van der Waals surface area contributed by atoms with Crippen molar-refractivity contribution >= 4 is 0 Å². The molecule has 4 atom stereocenters. The van der Waals surface area contributed by atoms with Crippen LogP contribution in [-0.4, -0.2) is 84.5 Å².